The molecule has 31 heavy (non-hydrogen) atoms. The maximum absolute atomic E-state index is 13.3. The highest BCUT2D eigenvalue weighted by Crippen LogP contribution is 2.33. The molecule has 160 valence electrons. The van der Waals surface area contributed by atoms with Gasteiger partial charge >= 0.3 is 0 Å². The van der Waals surface area contributed by atoms with Gasteiger partial charge in [0.25, 0.3) is 0 Å². The lowest BCUT2D eigenvalue weighted by Gasteiger charge is -2.07. The Kier molecular flexibility index (Phi) is 6.15. The number of carbonyl (C=O) groups is 1. The Morgan fingerprint density at radius 2 is 2.13 bits per heavy atom. The maximum atomic E-state index is 13.3. The number of amides is 1. The number of rotatable bonds is 7. The number of thioether (sulfide) groups is 1. The molecule has 0 aliphatic rings. The third-order valence-electron chi connectivity index (χ3n) is 4.52. The van der Waals surface area contributed by atoms with Crippen LogP contribution in [0.1, 0.15) is 6.92 Å². The topological polar surface area (TPSA) is 82.2 Å². The molecule has 0 fully saturated rings. The smallest absolute Gasteiger partial charge is 0.234 e. The number of benzene rings is 2. The largest absolute Gasteiger partial charge is 0.493 e. The van der Waals surface area contributed by atoms with E-state index in [2.05, 4.69) is 15.5 Å². The summed E-state index contributed by atoms with van der Waals surface area (Å²) in [6.07, 6.45) is 0. The van der Waals surface area contributed by atoms with Gasteiger partial charge in [-0.2, -0.15) is 0 Å². The van der Waals surface area contributed by atoms with Gasteiger partial charge in [-0.25, -0.2) is 4.39 Å². The zero-order valence-corrected chi connectivity index (χ0v) is 18.3. The molecule has 4 rings (SSSR count). The minimum absolute atomic E-state index is 0.0525. The molecule has 0 radical (unpaired) electrons. The second kappa shape index (κ2) is 8.99. The molecule has 0 aliphatic carbocycles. The average molecular weight is 461 g/mol. The third-order valence-corrected chi connectivity index (χ3v) is 5.77. The number of nitrogens with zero attached hydrogens (tertiary/aromatic N) is 3. The summed E-state index contributed by atoms with van der Waals surface area (Å²) < 4.78 is 26.5. The molecule has 1 amide bonds. The number of fused-ring (bicyclic) bond motifs is 1. The van der Waals surface area contributed by atoms with Crippen LogP contribution in [-0.4, -0.2) is 33.5 Å². The van der Waals surface area contributed by atoms with Gasteiger partial charge in [0.15, 0.2) is 22.2 Å². The lowest BCUT2D eigenvalue weighted by Crippen LogP contribution is -2.14. The van der Waals surface area contributed by atoms with Crippen molar-refractivity contribution < 1.29 is 18.3 Å². The number of aromatic nitrogens is 3. The third kappa shape index (κ3) is 4.38. The fourth-order valence-corrected chi connectivity index (χ4v) is 4.05. The number of halogens is 2. The summed E-state index contributed by atoms with van der Waals surface area (Å²) in [7, 11) is 1.59. The number of hydrogen-bond acceptors (Lipinski definition) is 6. The number of hydrogen-bond donors (Lipinski definition) is 1. The Balaban J connectivity index is 1.50. The van der Waals surface area contributed by atoms with Crippen molar-refractivity contribution in [3.8, 4) is 17.3 Å². The van der Waals surface area contributed by atoms with Gasteiger partial charge in [-0.3, -0.25) is 9.36 Å². The van der Waals surface area contributed by atoms with Gasteiger partial charge in [0.05, 0.1) is 17.9 Å². The highest BCUT2D eigenvalue weighted by atomic mass is 35.5. The SMILES string of the molecule is CCn1c(SCC(=O)Nc2ccc(F)c(Cl)c2)nnc1-c1cc2cccc(OC)c2o1. The van der Waals surface area contributed by atoms with Crippen molar-refractivity contribution in [3.63, 3.8) is 0 Å². The van der Waals surface area contributed by atoms with E-state index in [9.17, 15) is 9.18 Å². The van der Waals surface area contributed by atoms with Crippen molar-refractivity contribution in [2.75, 3.05) is 18.2 Å². The normalized spacial score (nSPS) is 11.1. The van der Waals surface area contributed by atoms with E-state index in [0.29, 0.717) is 40.3 Å². The van der Waals surface area contributed by atoms with E-state index in [0.717, 1.165) is 5.39 Å². The van der Waals surface area contributed by atoms with E-state index in [1.807, 2.05) is 35.8 Å². The zero-order chi connectivity index (χ0) is 22.0. The molecule has 4 aromatic rings. The first-order valence-electron chi connectivity index (χ1n) is 9.38. The molecule has 0 bridgehead atoms. The van der Waals surface area contributed by atoms with Crippen molar-refractivity contribution in [2.45, 2.75) is 18.6 Å². The standard InChI is InChI=1S/C21H18ClFN4O3S/c1-3-27-20(17-9-12-5-4-6-16(29-2)19(12)30-17)25-26-21(27)31-11-18(28)24-13-7-8-15(23)14(22)10-13/h4-10H,3,11H2,1-2H3,(H,24,28). The van der Waals surface area contributed by atoms with E-state index in [1.165, 1.54) is 30.0 Å². The van der Waals surface area contributed by atoms with Crippen LogP contribution in [0.5, 0.6) is 5.75 Å². The summed E-state index contributed by atoms with van der Waals surface area (Å²) in [5, 5.41) is 12.6. The van der Waals surface area contributed by atoms with Gasteiger partial charge < -0.3 is 14.5 Å². The molecule has 0 unspecified atom stereocenters. The summed E-state index contributed by atoms with van der Waals surface area (Å²) in [4.78, 5) is 12.3. The number of ether oxygens (including phenoxy) is 1. The van der Waals surface area contributed by atoms with Crippen LogP contribution in [-0.2, 0) is 11.3 Å². The van der Waals surface area contributed by atoms with Gasteiger partial charge in [-0.1, -0.05) is 35.5 Å². The number of methoxy groups -OCH3 is 1. The summed E-state index contributed by atoms with van der Waals surface area (Å²) in [6.45, 7) is 2.55. The second-order valence-electron chi connectivity index (χ2n) is 6.51. The highest BCUT2D eigenvalue weighted by molar-refractivity contribution is 7.99. The predicted molar refractivity (Wildman–Crippen MR) is 118 cm³/mol. The summed E-state index contributed by atoms with van der Waals surface area (Å²) in [5.74, 6) is 1.05. The Hall–Kier alpha value is -3.04. The van der Waals surface area contributed by atoms with Crippen LogP contribution in [0.25, 0.3) is 22.6 Å². The van der Waals surface area contributed by atoms with Crippen LogP contribution < -0.4 is 10.1 Å². The Morgan fingerprint density at radius 3 is 2.87 bits per heavy atom. The van der Waals surface area contributed by atoms with E-state index in [1.54, 1.807) is 7.11 Å². The molecular weight excluding hydrogens is 443 g/mol. The molecule has 2 aromatic heterocycles. The number of anilines is 1. The minimum Gasteiger partial charge on any atom is -0.493 e. The second-order valence-corrected chi connectivity index (χ2v) is 7.86. The number of para-hydroxylation sites is 1. The number of carbonyl (C=O) groups excluding carboxylic acids is 1. The highest BCUT2D eigenvalue weighted by Gasteiger charge is 2.19. The van der Waals surface area contributed by atoms with Gasteiger partial charge in [0, 0.05) is 17.6 Å². The monoisotopic (exact) mass is 460 g/mol. The molecule has 2 aromatic carbocycles. The predicted octanol–water partition coefficient (Wildman–Crippen LogP) is 5.24. The average Bonchev–Trinajstić information content (AvgIpc) is 3.38. The van der Waals surface area contributed by atoms with Gasteiger partial charge in [-0.15, -0.1) is 10.2 Å². The van der Waals surface area contributed by atoms with Crippen molar-refractivity contribution in [1.29, 1.82) is 0 Å². The maximum Gasteiger partial charge on any atom is 0.234 e. The fraction of sp³-hybridized carbons (Fsp3) is 0.190. The van der Waals surface area contributed by atoms with Crippen molar-refractivity contribution >= 4 is 45.9 Å². The van der Waals surface area contributed by atoms with Crippen LogP contribution >= 0.6 is 23.4 Å². The first kappa shape index (κ1) is 21.2. The van der Waals surface area contributed by atoms with E-state index >= 15 is 0 Å². The Labute approximate surface area is 186 Å². The molecule has 7 nitrogen and oxygen atoms in total. The molecular formula is C21H18ClFN4O3S. The minimum atomic E-state index is -0.541. The lowest BCUT2D eigenvalue weighted by atomic mass is 10.2. The zero-order valence-electron chi connectivity index (χ0n) is 16.7. The molecule has 2 heterocycles. The first-order chi connectivity index (χ1) is 15.0. The van der Waals surface area contributed by atoms with Crippen LogP contribution in [0.15, 0.2) is 52.0 Å². The van der Waals surface area contributed by atoms with Crippen LogP contribution in [0.2, 0.25) is 5.02 Å². The van der Waals surface area contributed by atoms with Crippen molar-refractivity contribution in [3.05, 3.63) is 53.3 Å². The molecule has 0 aliphatic heterocycles. The van der Waals surface area contributed by atoms with Crippen LogP contribution in [0.3, 0.4) is 0 Å². The molecule has 0 spiro atoms. The quantitative estimate of drug-likeness (QED) is 0.380. The number of nitrogens with one attached hydrogen (secondary N) is 1. The number of furan rings is 1. The first-order valence-corrected chi connectivity index (χ1v) is 10.7. The van der Waals surface area contributed by atoms with Gasteiger partial charge in [0.2, 0.25) is 11.7 Å². The van der Waals surface area contributed by atoms with Crippen LogP contribution in [0.4, 0.5) is 10.1 Å². The Bertz CT molecular complexity index is 1260. The lowest BCUT2D eigenvalue weighted by molar-refractivity contribution is -0.113. The summed E-state index contributed by atoms with van der Waals surface area (Å²) in [6, 6.07) is 11.5. The summed E-state index contributed by atoms with van der Waals surface area (Å²) >= 11 is 6.99. The van der Waals surface area contributed by atoms with Gasteiger partial charge in [-0.05, 0) is 37.3 Å². The van der Waals surface area contributed by atoms with Crippen molar-refractivity contribution in [1.82, 2.24) is 14.8 Å². The molecule has 10 heteroatoms. The molecule has 0 saturated heterocycles. The van der Waals surface area contributed by atoms with E-state index in [4.69, 9.17) is 20.8 Å². The van der Waals surface area contributed by atoms with E-state index in [-0.39, 0.29) is 16.7 Å². The molecule has 0 atom stereocenters. The fourth-order valence-electron chi connectivity index (χ4n) is 3.07. The Morgan fingerprint density at radius 1 is 1.29 bits per heavy atom. The van der Waals surface area contributed by atoms with E-state index < -0.39 is 5.82 Å². The molecule has 0 saturated carbocycles. The van der Waals surface area contributed by atoms with Gasteiger partial charge in [0.1, 0.15) is 5.82 Å². The summed E-state index contributed by atoms with van der Waals surface area (Å²) in [5.41, 5.74) is 1.06. The molecule has 1 N–H and O–H groups in total. The van der Waals surface area contributed by atoms with Crippen molar-refractivity contribution in [2.24, 2.45) is 0 Å². The van der Waals surface area contributed by atoms with Crippen LogP contribution in [0, 0.1) is 5.82 Å².